The summed E-state index contributed by atoms with van der Waals surface area (Å²) < 4.78 is 10.3. The maximum absolute atomic E-state index is 12.3. The third-order valence-corrected chi connectivity index (χ3v) is 3.55. The predicted octanol–water partition coefficient (Wildman–Crippen LogP) is 2.37. The van der Waals surface area contributed by atoms with Crippen molar-refractivity contribution in [3.8, 4) is 11.5 Å². The molecule has 0 saturated carbocycles. The largest absolute Gasteiger partial charge is 0.497 e. The fourth-order valence-electron chi connectivity index (χ4n) is 2.22. The van der Waals surface area contributed by atoms with Crippen molar-refractivity contribution in [2.75, 3.05) is 20.8 Å². The van der Waals surface area contributed by atoms with E-state index >= 15 is 0 Å². The summed E-state index contributed by atoms with van der Waals surface area (Å²) in [7, 11) is 3.03. The summed E-state index contributed by atoms with van der Waals surface area (Å²) in [6, 6.07) is 11.6. The maximum Gasteiger partial charge on any atom is 0.335 e. The fourth-order valence-corrected chi connectivity index (χ4v) is 2.22. The van der Waals surface area contributed by atoms with Crippen molar-refractivity contribution < 1.29 is 24.2 Å². The zero-order valence-electron chi connectivity index (χ0n) is 13.5. The average Bonchev–Trinajstić information content (AvgIpc) is 2.61. The molecule has 1 amide bonds. The lowest BCUT2D eigenvalue weighted by atomic mass is 10.1. The topological polar surface area (TPSA) is 84.9 Å². The quantitative estimate of drug-likeness (QED) is 0.814. The van der Waals surface area contributed by atoms with E-state index in [9.17, 15) is 9.59 Å². The number of carboxylic acids is 1. The zero-order chi connectivity index (χ0) is 17.5. The third kappa shape index (κ3) is 4.25. The van der Waals surface area contributed by atoms with Gasteiger partial charge in [0.15, 0.2) is 0 Å². The number of ether oxygens (including phenoxy) is 2. The lowest BCUT2D eigenvalue weighted by molar-refractivity contribution is 0.0696. The molecule has 0 aliphatic carbocycles. The van der Waals surface area contributed by atoms with E-state index in [0.717, 1.165) is 5.56 Å². The number of carboxylic acid groups (broad SMARTS) is 1. The molecule has 0 spiro atoms. The molecule has 0 fully saturated rings. The van der Waals surface area contributed by atoms with Crippen LogP contribution in [0.25, 0.3) is 0 Å². The second kappa shape index (κ2) is 8.01. The van der Waals surface area contributed by atoms with Gasteiger partial charge in [0, 0.05) is 6.54 Å². The molecule has 6 nitrogen and oxygen atoms in total. The first-order valence-corrected chi connectivity index (χ1v) is 7.37. The minimum Gasteiger partial charge on any atom is -0.497 e. The second-order valence-corrected chi connectivity index (χ2v) is 5.07. The van der Waals surface area contributed by atoms with Crippen molar-refractivity contribution in [1.82, 2.24) is 5.32 Å². The van der Waals surface area contributed by atoms with Gasteiger partial charge in [-0.05, 0) is 42.3 Å². The zero-order valence-corrected chi connectivity index (χ0v) is 13.5. The number of carbonyl (C=O) groups excluding carboxylic acids is 1. The Bertz CT molecular complexity index is 725. The molecule has 0 atom stereocenters. The summed E-state index contributed by atoms with van der Waals surface area (Å²) in [5, 5.41) is 11.7. The highest BCUT2D eigenvalue weighted by atomic mass is 16.5. The summed E-state index contributed by atoms with van der Waals surface area (Å²) in [5.74, 6) is -0.169. The average molecular weight is 329 g/mol. The standard InChI is InChI=1S/C18H19NO5/c1-23-14-7-8-16(24-2)15(11-14)17(20)19-10-9-12-3-5-13(6-4-12)18(21)22/h3-8,11H,9-10H2,1-2H3,(H,19,20)(H,21,22). The Balaban J connectivity index is 1.97. The molecule has 0 heterocycles. The van der Waals surface area contributed by atoms with Gasteiger partial charge in [0.25, 0.3) is 5.91 Å². The van der Waals surface area contributed by atoms with Crippen LogP contribution in [0.3, 0.4) is 0 Å². The summed E-state index contributed by atoms with van der Waals surface area (Å²) in [5.41, 5.74) is 1.58. The minimum atomic E-state index is -0.958. The van der Waals surface area contributed by atoms with Crippen LogP contribution >= 0.6 is 0 Å². The van der Waals surface area contributed by atoms with E-state index in [1.807, 2.05) is 0 Å². The van der Waals surface area contributed by atoms with Crippen LogP contribution in [-0.2, 0) is 6.42 Å². The van der Waals surface area contributed by atoms with Gasteiger partial charge in [-0.25, -0.2) is 4.79 Å². The number of aromatic carboxylic acids is 1. The molecule has 0 radical (unpaired) electrons. The number of methoxy groups -OCH3 is 2. The molecule has 2 N–H and O–H groups in total. The third-order valence-electron chi connectivity index (χ3n) is 3.55. The molecule has 0 saturated heterocycles. The van der Waals surface area contributed by atoms with Crippen molar-refractivity contribution in [1.29, 1.82) is 0 Å². The van der Waals surface area contributed by atoms with Gasteiger partial charge in [-0.1, -0.05) is 12.1 Å². The number of hydrogen-bond acceptors (Lipinski definition) is 4. The van der Waals surface area contributed by atoms with Gasteiger partial charge in [0.05, 0.1) is 25.3 Å². The summed E-state index contributed by atoms with van der Waals surface area (Å²) in [6.45, 7) is 0.422. The molecule has 0 aromatic heterocycles. The van der Waals surface area contributed by atoms with Crippen molar-refractivity contribution in [3.05, 3.63) is 59.2 Å². The Morgan fingerprint density at radius 2 is 1.75 bits per heavy atom. The Morgan fingerprint density at radius 1 is 1.04 bits per heavy atom. The Hall–Kier alpha value is -3.02. The first-order chi connectivity index (χ1) is 11.5. The molecule has 6 heteroatoms. The molecule has 0 bridgehead atoms. The lowest BCUT2D eigenvalue weighted by Gasteiger charge is -2.11. The van der Waals surface area contributed by atoms with Crippen molar-refractivity contribution in [2.45, 2.75) is 6.42 Å². The van der Waals surface area contributed by atoms with Crippen LogP contribution in [0.5, 0.6) is 11.5 Å². The number of amides is 1. The first-order valence-electron chi connectivity index (χ1n) is 7.37. The number of rotatable bonds is 7. The summed E-state index contributed by atoms with van der Waals surface area (Å²) in [6.07, 6.45) is 0.595. The number of carbonyl (C=O) groups is 2. The maximum atomic E-state index is 12.3. The van der Waals surface area contributed by atoms with E-state index in [1.54, 1.807) is 42.5 Å². The molecule has 126 valence electrons. The van der Waals surface area contributed by atoms with Gasteiger partial charge in [-0.15, -0.1) is 0 Å². The van der Waals surface area contributed by atoms with E-state index in [2.05, 4.69) is 5.32 Å². The Morgan fingerprint density at radius 3 is 2.33 bits per heavy atom. The van der Waals surface area contributed by atoms with E-state index in [0.29, 0.717) is 30.0 Å². The summed E-state index contributed by atoms with van der Waals surface area (Å²) in [4.78, 5) is 23.1. The highest BCUT2D eigenvalue weighted by molar-refractivity contribution is 5.97. The van der Waals surface area contributed by atoms with Gasteiger partial charge in [0.1, 0.15) is 11.5 Å². The monoisotopic (exact) mass is 329 g/mol. The van der Waals surface area contributed by atoms with Crippen LogP contribution < -0.4 is 14.8 Å². The van der Waals surface area contributed by atoms with E-state index in [4.69, 9.17) is 14.6 Å². The van der Waals surface area contributed by atoms with Gasteiger partial charge < -0.3 is 19.9 Å². The van der Waals surface area contributed by atoms with Crippen LogP contribution in [0, 0.1) is 0 Å². The smallest absolute Gasteiger partial charge is 0.335 e. The molecule has 0 aliphatic heterocycles. The van der Waals surface area contributed by atoms with Gasteiger partial charge in [-0.2, -0.15) is 0 Å². The predicted molar refractivity (Wildman–Crippen MR) is 89.0 cm³/mol. The molecule has 2 rings (SSSR count). The molecule has 24 heavy (non-hydrogen) atoms. The molecule has 0 unspecified atom stereocenters. The van der Waals surface area contributed by atoms with E-state index < -0.39 is 5.97 Å². The lowest BCUT2D eigenvalue weighted by Crippen LogP contribution is -2.26. The summed E-state index contributed by atoms with van der Waals surface area (Å²) >= 11 is 0. The van der Waals surface area contributed by atoms with Gasteiger partial charge in [-0.3, -0.25) is 4.79 Å². The Kier molecular flexibility index (Phi) is 5.78. The number of nitrogens with one attached hydrogen (secondary N) is 1. The molecular weight excluding hydrogens is 310 g/mol. The molecule has 0 aliphatic rings. The normalized spacial score (nSPS) is 10.1. The second-order valence-electron chi connectivity index (χ2n) is 5.07. The van der Waals surface area contributed by atoms with Crippen molar-refractivity contribution >= 4 is 11.9 Å². The highest BCUT2D eigenvalue weighted by Gasteiger charge is 2.13. The van der Waals surface area contributed by atoms with Crippen LogP contribution in [0.1, 0.15) is 26.3 Å². The first kappa shape index (κ1) is 17.3. The van der Waals surface area contributed by atoms with Crippen LogP contribution in [0.15, 0.2) is 42.5 Å². The number of benzene rings is 2. The van der Waals surface area contributed by atoms with Gasteiger partial charge in [0.2, 0.25) is 0 Å². The SMILES string of the molecule is COc1ccc(OC)c(C(=O)NCCc2ccc(C(=O)O)cc2)c1. The fraction of sp³-hybridized carbons (Fsp3) is 0.222. The number of hydrogen-bond donors (Lipinski definition) is 2. The van der Waals surface area contributed by atoms with Gasteiger partial charge >= 0.3 is 5.97 Å². The van der Waals surface area contributed by atoms with Crippen LogP contribution in [0.4, 0.5) is 0 Å². The van der Waals surface area contributed by atoms with Crippen molar-refractivity contribution in [2.24, 2.45) is 0 Å². The minimum absolute atomic E-state index is 0.240. The molecular formula is C18H19NO5. The van der Waals surface area contributed by atoms with Crippen molar-refractivity contribution in [3.63, 3.8) is 0 Å². The molecule has 2 aromatic rings. The van der Waals surface area contributed by atoms with E-state index in [1.165, 1.54) is 14.2 Å². The van der Waals surface area contributed by atoms with E-state index in [-0.39, 0.29) is 11.5 Å². The van der Waals surface area contributed by atoms with Crippen LogP contribution in [-0.4, -0.2) is 37.7 Å². The van der Waals surface area contributed by atoms with Crippen LogP contribution in [0.2, 0.25) is 0 Å². The molecule has 2 aromatic carbocycles. The highest BCUT2D eigenvalue weighted by Crippen LogP contribution is 2.23. The Labute approximate surface area is 140 Å².